The highest BCUT2D eigenvalue weighted by Crippen LogP contribution is 2.29. The van der Waals surface area contributed by atoms with E-state index in [-0.39, 0.29) is 12.4 Å². The number of benzene rings is 3. The Morgan fingerprint density at radius 1 is 0.958 bits per heavy atom. The second-order valence-electron chi connectivity index (χ2n) is 5.57. The molecule has 3 aromatic carbocycles. The van der Waals surface area contributed by atoms with Gasteiger partial charge in [-0.3, -0.25) is 4.79 Å². The first-order chi connectivity index (χ1) is 11.7. The molecule has 122 valence electrons. The van der Waals surface area contributed by atoms with Crippen LogP contribution in [0.1, 0.15) is 12.5 Å². The SMILES string of the molecule is CCOC(=O)Cc1ccccc1-c1ccc2cc(OC)ccc2c1. The molecule has 0 saturated carbocycles. The molecular formula is C21H20O3. The normalized spacial score (nSPS) is 10.6. The Morgan fingerprint density at radius 2 is 1.71 bits per heavy atom. The van der Waals surface area contributed by atoms with E-state index in [1.54, 1.807) is 7.11 Å². The van der Waals surface area contributed by atoms with Gasteiger partial charge < -0.3 is 9.47 Å². The molecule has 0 amide bonds. The average molecular weight is 320 g/mol. The molecule has 0 unspecified atom stereocenters. The Labute approximate surface area is 141 Å². The molecule has 0 heterocycles. The summed E-state index contributed by atoms with van der Waals surface area (Å²) in [5, 5.41) is 2.26. The number of rotatable bonds is 5. The van der Waals surface area contributed by atoms with E-state index in [1.807, 2.05) is 49.4 Å². The lowest BCUT2D eigenvalue weighted by atomic mass is 9.95. The third-order valence-electron chi connectivity index (χ3n) is 4.02. The van der Waals surface area contributed by atoms with E-state index >= 15 is 0 Å². The first kappa shape index (κ1) is 16.1. The van der Waals surface area contributed by atoms with E-state index in [0.717, 1.165) is 33.2 Å². The van der Waals surface area contributed by atoms with Crippen LogP contribution in [0.4, 0.5) is 0 Å². The predicted octanol–water partition coefficient (Wildman–Crippen LogP) is 4.62. The van der Waals surface area contributed by atoms with Crippen LogP contribution in [0.3, 0.4) is 0 Å². The highest BCUT2D eigenvalue weighted by Gasteiger charge is 2.10. The Kier molecular flexibility index (Phi) is 4.80. The third-order valence-corrected chi connectivity index (χ3v) is 4.02. The fourth-order valence-corrected chi connectivity index (χ4v) is 2.84. The van der Waals surface area contributed by atoms with Crippen molar-refractivity contribution >= 4 is 16.7 Å². The minimum Gasteiger partial charge on any atom is -0.497 e. The summed E-state index contributed by atoms with van der Waals surface area (Å²) < 4.78 is 10.4. The number of esters is 1. The van der Waals surface area contributed by atoms with Crippen molar-refractivity contribution in [2.75, 3.05) is 13.7 Å². The third kappa shape index (κ3) is 3.40. The Bertz CT molecular complexity index is 868. The molecule has 0 radical (unpaired) electrons. The van der Waals surface area contributed by atoms with E-state index in [1.165, 1.54) is 0 Å². The van der Waals surface area contributed by atoms with Crippen LogP contribution in [0.25, 0.3) is 21.9 Å². The van der Waals surface area contributed by atoms with Gasteiger partial charge in [-0.1, -0.05) is 42.5 Å². The van der Waals surface area contributed by atoms with Crippen molar-refractivity contribution < 1.29 is 14.3 Å². The van der Waals surface area contributed by atoms with Crippen LogP contribution in [0.2, 0.25) is 0 Å². The Morgan fingerprint density at radius 3 is 2.50 bits per heavy atom. The monoisotopic (exact) mass is 320 g/mol. The molecule has 0 aromatic heterocycles. The average Bonchev–Trinajstić information content (AvgIpc) is 2.61. The lowest BCUT2D eigenvalue weighted by molar-refractivity contribution is -0.142. The number of fused-ring (bicyclic) bond motifs is 1. The highest BCUT2D eigenvalue weighted by atomic mass is 16.5. The van der Waals surface area contributed by atoms with Crippen LogP contribution in [0.5, 0.6) is 5.75 Å². The van der Waals surface area contributed by atoms with Crippen molar-refractivity contribution in [1.29, 1.82) is 0 Å². The molecule has 0 bridgehead atoms. The Balaban J connectivity index is 1.99. The quantitative estimate of drug-likeness (QED) is 0.643. The van der Waals surface area contributed by atoms with E-state index in [0.29, 0.717) is 6.61 Å². The van der Waals surface area contributed by atoms with Crippen LogP contribution < -0.4 is 4.74 Å². The van der Waals surface area contributed by atoms with Crippen LogP contribution in [0.15, 0.2) is 60.7 Å². The van der Waals surface area contributed by atoms with Gasteiger partial charge in [0.15, 0.2) is 0 Å². The molecule has 3 aromatic rings. The summed E-state index contributed by atoms with van der Waals surface area (Å²) >= 11 is 0. The van der Waals surface area contributed by atoms with Gasteiger partial charge in [-0.25, -0.2) is 0 Å². The van der Waals surface area contributed by atoms with Crippen LogP contribution in [0, 0.1) is 0 Å². The molecule has 0 aliphatic heterocycles. The molecule has 3 nitrogen and oxygen atoms in total. The van der Waals surface area contributed by atoms with E-state index in [4.69, 9.17) is 9.47 Å². The minimum absolute atomic E-state index is 0.199. The number of ether oxygens (including phenoxy) is 2. The molecular weight excluding hydrogens is 300 g/mol. The fraction of sp³-hybridized carbons (Fsp3) is 0.190. The molecule has 3 rings (SSSR count). The maximum absolute atomic E-state index is 11.8. The number of methoxy groups -OCH3 is 1. The number of carbonyl (C=O) groups excluding carboxylic acids is 1. The molecule has 0 aliphatic carbocycles. The van der Waals surface area contributed by atoms with Gasteiger partial charge in [-0.05, 0) is 52.6 Å². The maximum Gasteiger partial charge on any atom is 0.310 e. The van der Waals surface area contributed by atoms with Crippen molar-refractivity contribution in [3.63, 3.8) is 0 Å². The van der Waals surface area contributed by atoms with Gasteiger partial charge in [0.05, 0.1) is 20.1 Å². The number of hydrogen-bond donors (Lipinski definition) is 0. The van der Waals surface area contributed by atoms with E-state index in [9.17, 15) is 4.79 Å². The predicted molar refractivity (Wildman–Crippen MR) is 96.3 cm³/mol. The van der Waals surface area contributed by atoms with Crippen LogP contribution in [-0.2, 0) is 16.0 Å². The van der Waals surface area contributed by atoms with Crippen molar-refractivity contribution in [3.8, 4) is 16.9 Å². The molecule has 0 N–H and O–H groups in total. The van der Waals surface area contributed by atoms with Crippen LogP contribution in [-0.4, -0.2) is 19.7 Å². The van der Waals surface area contributed by atoms with Gasteiger partial charge >= 0.3 is 5.97 Å². The van der Waals surface area contributed by atoms with Crippen LogP contribution >= 0.6 is 0 Å². The van der Waals surface area contributed by atoms with Gasteiger partial charge in [-0.2, -0.15) is 0 Å². The summed E-state index contributed by atoms with van der Waals surface area (Å²) in [7, 11) is 1.67. The largest absolute Gasteiger partial charge is 0.497 e. The van der Waals surface area contributed by atoms with Gasteiger partial charge in [0.25, 0.3) is 0 Å². The number of carbonyl (C=O) groups is 1. The highest BCUT2D eigenvalue weighted by molar-refractivity contribution is 5.89. The van der Waals surface area contributed by atoms with Crippen molar-refractivity contribution in [2.24, 2.45) is 0 Å². The molecule has 3 heteroatoms. The molecule has 0 saturated heterocycles. The second kappa shape index (κ2) is 7.18. The summed E-state index contributed by atoms with van der Waals surface area (Å²) in [6.07, 6.45) is 0.282. The lowest BCUT2D eigenvalue weighted by Gasteiger charge is -2.11. The molecule has 24 heavy (non-hydrogen) atoms. The maximum atomic E-state index is 11.8. The number of hydrogen-bond acceptors (Lipinski definition) is 3. The van der Waals surface area contributed by atoms with Gasteiger partial charge in [-0.15, -0.1) is 0 Å². The fourth-order valence-electron chi connectivity index (χ4n) is 2.84. The minimum atomic E-state index is -0.199. The second-order valence-corrected chi connectivity index (χ2v) is 5.57. The summed E-state index contributed by atoms with van der Waals surface area (Å²) in [5.74, 6) is 0.647. The zero-order chi connectivity index (χ0) is 16.9. The first-order valence-electron chi connectivity index (χ1n) is 8.03. The summed E-state index contributed by atoms with van der Waals surface area (Å²) in [6, 6.07) is 20.3. The standard InChI is InChI=1S/C21H20O3/c1-3-24-21(22)14-17-6-4-5-7-20(17)18-9-8-16-13-19(23-2)11-10-15(16)12-18/h4-13H,3,14H2,1-2H3. The zero-order valence-electron chi connectivity index (χ0n) is 13.9. The van der Waals surface area contributed by atoms with Crippen molar-refractivity contribution in [3.05, 3.63) is 66.2 Å². The van der Waals surface area contributed by atoms with E-state index < -0.39 is 0 Å². The first-order valence-corrected chi connectivity index (χ1v) is 8.03. The lowest BCUT2D eigenvalue weighted by Crippen LogP contribution is -2.08. The van der Waals surface area contributed by atoms with Crippen molar-refractivity contribution in [1.82, 2.24) is 0 Å². The smallest absolute Gasteiger partial charge is 0.310 e. The Hall–Kier alpha value is -2.81. The van der Waals surface area contributed by atoms with Crippen molar-refractivity contribution in [2.45, 2.75) is 13.3 Å². The topological polar surface area (TPSA) is 35.5 Å². The molecule has 0 atom stereocenters. The summed E-state index contributed by atoms with van der Waals surface area (Å²) in [6.45, 7) is 2.22. The van der Waals surface area contributed by atoms with Gasteiger partial charge in [0, 0.05) is 0 Å². The van der Waals surface area contributed by atoms with E-state index in [2.05, 4.69) is 18.2 Å². The van der Waals surface area contributed by atoms with Gasteiger partial charge in [0.2, 0.25) is 0 Å². The molecule has 0 spiro atoms. The zero-order valence-corrected chi connectivity index (χ0v) is 13.9. The molecule has 0 fully saturated rings. The summed E-state index contributed by atoms with van der Waals surface area (Å²) in [5.41, 5.74) is 3.12. The molecule has 0 aliphatic rings. The summed E-state index contributed by atoms with van der Waals surface area (Å²) in [4.78, 5) is 11.8. The van der Waals surface area contributed by atoms with Gasteiger partial charge in [0.1, 0.15) is 5.75 Å².